The van der Waals surface area contributed by atoms with Crippen molar-refractivity contribution in [3.63, 3.8) is 0 Å². The Hall–Kier alpha value is -1.75. The number of likely N-dealkylation sites (N-methyl/N-ethyl adjacent to an activating group) is 1. The van der Waals surface area contributed by atoms with Crippen molar-refractivity contribution in [2.75, 3.05) is 46.9 Å². The second-order valence-corrected chi connectivity index (χ2v) is 6.62. The van der Waals surface area contributed by atoms with Crippen molar-refractivity contribution in [1.29, 1.82) is 0 Å². The van der Waals surface area contributed by atoms with Gasteiger partial charge >= 0.3 is 6.03 Å². The highest BCUT2D eigenvalue weighted by molar-refractivity contribution is 5.74. The summed E-state index contributed by atoms with van der Waals surface area (Å²) in [7, 11) is 4.01. The molecule has 1 aliphatic heterocycles. The molecule has 2 amide bonds. The maximum absolute atomic E-state index is 12.2. The fourth-order valence-corrected chi connectivity index (χ4v) is 2.80. The van der Waals surface area contributed by atoms with Crippen molar-refractivity contribution in [3.8, 4) is 5.75 Å². The first-order chi connectivity index (χ1) is 11.0. The van der Waals surface area contributed by atoms with Crippen molar-refractivity contribution in [2.24, 2.45) is 5.92 Å². The van der Waals surface area contributed by atoms with Crippen LogP contribution >= 0.6 is 0 Å². The number of amides is 2. The number of likely N-dealkylation sites (tertiary alicyclic amines) is 1. The van der Waals surface area contributed by atoms with E-state index in [0.29, 0.717) is 19.1 Å². The van der Waals surface area contributed by atoms with Gasteiger partial charge in [-0.15, -0.1) is 0 Å². The molecule has 0 unspecified atom stereocenters. The monoisotopic (exact) mass is 319 g/mol. The molecule has 5 heteroatoms. The maximum atomic E-state index is 12.2. The van der Waals surface area contributed by atoms with E-state index in [2.05, 4.69) is 29.3 Å². The van der Waals surface area contributed by atoms with Gasteiger partial charge in [0.05, 0.1) is 6.61 Å². The van der Waals surface area contributed by atoms with E-state index in [-0.39, 0.29) is 6.03 Å². The number of benzene rings is 1. The number of rotatable bonds is 6. The molecule has 23 heavy (non-hydrogen) atoms. The Bertz CT molecular complexity index is 505. The van der Waals surface area contributed by atoms with Gasteiger partial charge in [0.1, 0.15) is 5.75 Å². The van der Waals surface area contributed by atoms with Crippen LogP contribution in [-0.4, -0.2) is 62.7 Å². The molecule has 1 aliphatic rings. The number of carbonyl (C=O) groups is 1. The Labute approximate surface area is 139 Å². The summed E-state index contributed by atoms with van der Waals surface area (Å²) in [6.07, 6.45) is 2.16. The lowest BCUT2D eigenvalue weighted by atomic mass is 9.99. The average molecular weight is 319 g/mol. The van der Waals surface area contributed by atoms with Crippen molar-refractivity contribution >= 4 is 6.03 Å². The average Bonchev–Trinajstić information content (AvgIpc) is 2.53. The molecule has 1 saturated heterocycles. The first-order valence-electron chi connectivity index (χ1n) is 8.41. The lowest BCUT2D eigenvalue weighted by molar-refractivity contribution is 0.137. The quantitative estimate of drug-likeness (QED) is 0.875. The van der Waals surface area contributed by atoms with E-state index in [1.54, 1.807) is 0 Å². The van der Waals surface area contributed by atoms with E-state index in [0.717, 1.165) is 38.2 Å². The van der Waals surface area contributed by atoms with Crippen LogP contribution in [0.3, 0.4) is 0 Å². The zero-order valence-corrected chi connectivity index (χ0v) is 14.5. The summed E-state index contributed by atoms with van der Waals surface area (Å²) in [6.45, 7) is 5.90. The van der Waals surface area contributed by atoms with Crippen LogP contribution in [0, 0.1) is 12.8 Å². The number of hydrogen-bond donors (Lipinski definition) is 1. The molecule has 2 rings (SSSR count). The van der Waals surface area contributed by atoms with E-state index in [1.165, 1.54) is 5.56 Å². The highest BCUT2D eigenvalue weighted by Crippen LogP contribution is 2.19. The minimum atomic E-state index is 0.0482. The summed E-state index contributed by atoms with van der Waals surface area (Å²) in [6, 6.07) is 8.16. The Morgan fingerprint density at radius 1 is 1.43 bits per heavy atom. The van der Waals surface area contributed by atoms with E-state index in [1.807, 2.05) is 31.1 Å². The number of nitrogens with zero attached hydrogens (tertiary/aromatic N) is 2. The number of urea groups is 1. The molecule has 1 N–H and O–H groups in total. The molecule has 0 saturated carbocycles. The summed E-state index contributed by atoms with van der Waals surface area (Å²) in [5.41, 5.74) is 1.20. The maximum Gasteiger partial charge on any atom is 0.317 e. The molecule has 1 fully saturated rings. The predicted octanol–water partition coefficient (Wildman–Crippen LogP) is 2.36. The summed E-state index contributed by atoms with van der Waals surface area (Å²) in [5.74, 6) is 1.32. The highest BCUT2D eigenvalue weighted by Gasteiger charge is 2.23. The topological polar surface area (TPSA) is 44.8 Å². The number of ether oxygens (including phenoxy) is 1. The number of nitrogens with one attached hydrogen (secondary N) is 1. The van der Waals surface area contributed by atoms with E-state index >= 15 is 0 Å². The van der Waals surface area contributed by atoms with E-state index in [4.69, 9.17) is 4.74 Å². The largest absolute Gasteiger partial charge is 0.493 e. The molecule has 0 aliphatic carbocycles. The second kappa shape index (κ2) is 8.77. The number of piperidine rings is 1. The SMILES string of the molecule is Cc1cccc(OC[C@@H]2CCCN(C(=O)NCCN(C)C)C2)c1. The molecule has 5 nitrogen and oxygen atoms in total. The first kappa shape index (κ1) is 17.6. The van der Waals surface area contributed by atoms with Crippen molar-refractivity contribution < 1.29 is 9.53 Å². The molecular weight excluding hydrogens is 290 g/mol. The Morgan fingerprint density at radius 3 is 3.00 bits per heavy atom. The highest BCUT2D eigenvalue weighted by atomic mass is 16.5. The number of carbonyl (C=O) groups excluding carboxylic acids is 1. The van der Waals surface area contributed by atoms with Crippen LogP contribution in [0.15, 0.2) is 24.3 Å². The smallest absolute Gasteiger partial charge is 0.317 e. The third-order valence-electron chi connectivity index (χ3n) is 4.12. The van der Waals surface area contributed by atoms with Gasteiger partial charge in [0, 0.05) is 32.1 Å². The standard InChI is InChI=1S/C18H29N3O2/c1-15-6-4-8-17(12-15)23-14-16-7-5-10-21(13-16)18(22)19-9-11-20(2)3/h4,6,8,12,16H,5,7,9-11,13-14H2,1-3H3,(H,19,22)/t16-/m1/s1. The summed E-state index contributed by atoms with van der Waals surface area (Å²) in [4.78, 5) is 16.2. The molecule has 1 heterocycles. The van der Waals surface area contributed by atoms with Crippen LogP contribution in [0.4, 0.5) is 4.79 Å². The van der Waals surface area contributed by atoms with Crippen LogP contribution in [0.2, 0.25) is 0 Å². The lowest BCUT2D eigenvalue weighted by Gasteiger charge is -2.32. The van der Waals surface area contributed by atoms with Gasteiger partial charge in [0.2, 0.25) is 0 Å². The molecule has 0 bridgehead atoms. The summed E-state index contributed by atoms with van der Waals surface area (Å²) < 4.78 is 5.90. The third-order valence-corrected chi connectivity index (χ3v) is 4.12. The van der Waals surface area contributed by atoms with Gasteiger partial charge in [0.25, 0.3) is 0 Å². The van der Waals surface area contributed by atoms with Crippen molar-refractivity contribution in [3.05, 3.63) is 29.8 Å². The number of aryl methyl sites for hydroxylation is 1. The summed E-state index contributed by atoms with van der Waals surface area (Å²) >= 11 is 0. The van der Waals surface area contributed by atoms with Gasteiger partial charge in [-0.25, -0.2) is 4.79 Å². The molecule has 1 atom stereocenters. The zero-order chi connectivity index (χ0) is 16.7. The van der Waals surface area contributed by atoms with Crippen LogP contribution in [0.25, 0.3) is 0 Å². The van der Waals surface area contributed by atoms with Gasteiger partial charge in [0.15, 0.2) is 0 Å². The van der Waals surface area contributed by atoms with Crippen LogP contribution in [0.1, 0.15) is 18.4 Å². The minimum absolute atomic E-state index is 0.0482. The van der Waals surface area contributed by atoms with Crippen molar-refractivity contribution in [2.45, 2.75) is 19.8 Å². The molecular formula is C18H29N3O2. The lowest BCUT2D eigenvalue weighted by Crippen LogP contribution is -2.47. The van der Waals surface area contributed by atoms with Gasteiger partial charge in [-0.2, -0.15) is 0 Å². The predicted molar refractivity (Wildman–Crippen MR) is 92.9 cm³/mol. The molecule has 0 aromatic heterocycles. The van der Waals surface area contributed by atoms with Gasteiger partial charge in [-0.3, -0.25) is 0 Å². The van der Waals surface area contributed by atoms with Gasteiger partial charge in [-0.1, -0.05) is 12.1 Å². The summed E-state index contributed by atoms with van der Waals surface area (Å²) in [5, 5.41) is 2.99. The Kier molecular flexibility index (Phi) is 6.71. The van der Waals surface area contributed by atoms with E-state index < -0.39 is 0 Å². The van der Waals surface area contributed by atoms with Crippen LogP contribution in [-0.2, 0) is 0 Å². The molecule has 128 valence electrons. The van der Waals surface area contributed by atoms with Crippen LogP contribution in [0.5, 0.6) is 5.75 Å². The van der Waals surface area contributed by atoms with Crippen LogP contribution < -0.4 is 10.1 Å². The molecule has 0 radical (unpaired) electrons. The minimum Gasteiger partial charge on any atom is -0.493 e. The fourth-order valence-electron chi connectivity index (χ4n) is 2.80. The normalized spacial score (nSPS) is 18.1. The third kappa shape index (κ3) is 6.10. The van der Waals surface area contributed by atoms with Crippen molar-refractivity contribution in [1.82, 2.24) is 15.1 Å². The Morgan fingerprint density at radius 2 is 2.26 bits per heavy atom. The van der Waals surface area contributed by atoms with Gasteiger partial charge in [-0.05, 0) is 51.6 Å². The number of hydrogen-bond acceptors (Lipinski definition) is 3. The zero-order valence-electron chi connectivity index (χ0n) is 14.5. The fraction of sp³-hybridized carbons (Fsp3) is 0.611. The molecule has 1 aromatic carbocycles. The molecule has 0 spiro atoms. The first-order valence-corrected chi connectivity index (χ1v) is 8.41. The Balaban J connectivity index is 1.75. The van der Waals surface area contributed by atoms with Gasteiger partial charge < -0.3 is 19.9 Å². The van der Waals surface area contributed by atoms with E-state index in [9.17, 15) is 4.79 Å². The molecule has 1 aromatic rings. The second-order valence-electron chi connectivity index (χ2n) is 6.62.